The lowest BCUT2D eigenvalue weighted by Gasteiger charge is -2.45. The molecular weight excluding hydrogens is 428 g/mol. The maximum absolute atomic E-state index is 12.9. The summed E-state index contributed by atoms with van der Waals surface area (Å²) in [5.74, 6) is 1.55. The fraction of sp³-hybridized carbons (Fsp3) is 0.464. The van der Waals surface area contributed by atoms with Crippen molar-refractivity contribution in [2.45, 2.75) is 44.7 Å². The Morgan fingerprint density at radius 1 is 1.09 bits per heavy atom. The van der Waals surface area contributed by atoms with Crippen molar-refractivity contribution in [3.8, 4) is 22.6 Å². The van der Waals surface area contributed by atoms with Gasteiger partial charge in [-0.1, -0.05) is 18.6 Å². The van der Waals surface area contributed by atoms with Gasteiger partial charge in [0.05, 0.1) is 18.2 Å². The lowest BCUT2D eigenvalue weighted by Crippen LogP contribution is -2.50. The van der Waals surface area contributed by atoms with Crippen LogP contribution in [0.4, 0.5) is 0 Å². The highest BCUT2D eigenvalue weighted by Gasteiger charge is 2.33. The summed E-state index contributed by atoms with van der Waals surface area (Å²) in [4.78, 5) is 17.9. The SMILES string of the molecule is COc1ccc(-c2cc3ccc(O)c(CN(C)CC4CCCN5CCCCC45)c3oc2=O)cc1. The molecule has 2 fully saturated rings. The molecule has 2 atom stereocenters. The molecule has 3 heterocycles. The van der Waals surface area contributed by atoms with Crippen LogP contribution in [0, 0.1) is 5.92 Å². The van der Waals surface area contributed by atoms with Crippen LogP contribution in [0.1, 0.15) is 37.7 Å². The van der Waals surface area contributed by atoms with Crippen molar-refractivity contribution in [3.63, 3.8) is 0 Å². The predicted molar refractivity (Wildman–Crippen MR) is 134 cm³/mol. The summed E-state index contributed by atoms with van der Waals surface area (Å²) < 4.78 is 11.0. The number of fused-ring (bicyclic) bond motifs is 2. The lowest BCUT2D eigenvalue weighted by molar-refractivity contribution is 0.0434. The van der Waals surface area contributed by atoms with Crippen molar-refractivity contribution >= 4 is 11.0 Å². The second-order valence-electron chi connectivity index (χ2n) is 9.86. The Labute approximate surface area is 200 Å². The minimum absolute atomic E-state index is 0.169. The van der Waals surface area contributed by atoms with Gasteiger partial charge in [0, 0.05) is 24.5 Å². The number of phenolic OH excluding ortho intramolecular Hbond substituents is 1. The molecule has 6 nitrogen and oxygen atoms in total. The Morgan fingerprint density at radius 2 is 1.88 bits per heavy atom. The second kappa shape index (κ2) is 9.80. The van der Waals surface area contributed by atoms with E-state index in [1.165, 1.54) is 45.2 Å². The highest BCUT2D eigenvalue weighted by atomic mass is 16.5. The van der Waals surface area contributed by atoms with E-state index in [9.17, 15) is 9.90 Å². The van der Waals surface area contributed by atoms with Gasteiger partial charge in [-0.15, -0.1) is 0 Å². The first-order chi connectivity index (χ1) is 16.5. The maximum atomic E-state index is 12.9. The van der Waals surface area contributed by atoms with E-state index >= 15 is 0 Å². The van der Waals surface area contributed by atoms with Gasteiger partial charge in [-0.3, -0.25) is 0 Å². The van der Waals surface area contributed by atoms with Crippen LogP contribution in [0.5, 0.6) is 11.5 Å². The van der Waals surface area contributed by atoms with Gasteiger partial charge in [0.2, 0.25) is 0 Å². The summed E-state index contributed by atoms with van der Waals surface area (Å²) in [6.45, 7) is 3.98. The van der Waals surface area contributed by atoms with Gasteiger partial charge >= 0.3 is 5.63 Å². The highest BCUT2D eigenvalue weighted by molar-refractivity contribution is 5.85. The first kappa shape index (κ1) is 22.9. The average molecular weight is 463 g/mol. The molecule has 1 aromatic heterocycles. The molecule has 0 aliphatic carbocycles. The number of aromatic hydroxyl groups is 1. The smallest absolute Gasteiger partial charge is 0.344 e. The zero-order valence-electron chi connectivity index (χ0n) is 20.1. The number of nitrogens with zero attached hydrogens (tertiary/aromatic N) is 2. The maximum Gasteiger partial charge on any atom is 0.344 e. The van der Waals surface area contributed by atoms with E-state index in [4.69, 9.17) is 9.15 Å². The summed E-state index contributed by atoms with van der Waals surface area (Å²) in [7, 11) is 3.72. The number of rotatable bonds is 6. The third-order valence-electron chi connectivity index (χ3n) is 7.58. The monoisotopic (exact) mass is 462 g/mol. The van der Waals surface area contributed by atoms with Crippen LogP contribution in [0.25, 0.3) is 22.1 Å². The minimum atomic E-state index is -0.405. The summed E-state index contributed by atoms with van der Waals surface area (Å²) in [6.07, 6.45) is 6.46. The molecule has 2 aliphatic rings. The fourth-order valence-electron chi connectivity index (χ4n) is 5.88. The first-order valence-electron chi connectivity index (χ1n) is 12.4. The third kappa shape index (κ3) is 4.57. The molecule has 1 N–H and O–H groups in total. The van der Waals surface area contributed by atoms with Crippen LogP contribution in [0.15, 0.2) is 51.7 Å². The van der Waals surface area contributed by atoms with Gasteiger partial charge in [-0.05, 0) is 87.6 Å². The number of hydrogen-bond acceptors (Lipinski definition) is 6. The molecule has 0 spiro atoms. The van der Waals surface area contributed by atoms with Gasteiger partial charge in [-0.2, -0.15) is 0 Å². The molecule has 5 rings (SSSR count). The van der Waals surface area contributed by atoms with E-state index < -0.39 is 5.63 Å². The van der Waals surface area contributed by atoms with E-state index in [1.807, 2.05) is 36.4 Å². The summed E-state index contributed by atoms with van der Waals surface area (Å²) in [5, 5.41) is 11.5. The van der Waals surface area contributed by atoms with Crippen LogP contribution in [-0.2, 0) is 6.54 Å². The zero-order chi connectivity index (χ0) is 23.7. The molecule has 34 heavy (non-hydrogen) atoms. The number of ether oxygens (including phenoxy) is 1. The molecule has 2 unspecified atom stereocenters. The van der Waals surface area contributed by atoms with Gasteiger partial charge < -0.3 is 24.1 Å². The molecule has 0 radical (unpaired) electrons. The van der Waals surface area contributed by atoms with Crippen molar-refractivity contribution in [2.24, 2.45) is 5.92 Å². The topological polar surface area (TPSA) is 66.2 Å². The van der Waals surface area contributed by atoms with Crippen molar-refractivity contribution in [1.29, 1.82) is 0 Å². The Hall–Kier alpha value is -2.83. The van der Waals surface area contributed by atoms with E-state index in [0.29, 0.717) is 35.2 Å². The molecule has 0 saturated carbocycles. The summed E-state index contributed by atoms with van der Waals surface area (Å²) >= 11 is 0. The largest absolute Gasteiger partial charge is 0.507 e. The molecule has 6 heteroatoms. The van der Waals surface area contributed by atoms with Gasteiger partial charge in [0.1, 0.15) is 17.1 Å². The van der Waals surface area contributed by atoms with E-state index in [2.05, 4.69) is 16.8 Å². The molecule has 0 bridgehead atoms. The standard InChI is InChI=1S/C28H34N2O4/c1-29(17-21-6-5-15-30-14-4-3-7-25(21)30)18-24-26(31)13-10-20-16-23(28(32)34-27(20)24)19-8-11-22(33-2)12-9-19/h8-13,16,21,25,31H,3-7,14-15,17-18H2,1-2H3. The van der Waals surface area contributed by atoms with E-state index in [-0.39, 0.29) is 5.75 Å². The second-order valence-corrected chi connectivity index (χ2v) is 9.86. The summed E-state index contributed by atoms with van der Waals surface area (Å²) in [6, 6.07) is 13.4. The Morgan fingerprint density at radius 3 is 2.68 bits per heavy atom. The fourth-order valence-corrected chi connectivity index (χ4v) is 5.88. The lowest BCUT2D eigenvalue weighted by atomic mass is 9.83. The number of benzene rings is 2. The first-order valence-corrected chi connectivity index (χ1v) is 12.4. The molecule has 180 valence electrons. The van der Waals surface area contributed by atoms with Crippen molar-refractivity contribution in [3.05, 3.63) is 58.4 Å². The van der Waals surface area contributed by atoms with E-state index in [0.717, 1.165) is 23.2 Å². The molecular formula is C28H34N2O4. The Balaban J connectivity index is 1.39. The van der Waals surface area contributed by atoms with Crippen LogP contribution >= 0.6 is 0 Å². The summed E-state index contributed by atoms with van der Waals surface area (Å²) in [5.41, 5.74) is 2.02. The molecule has 3 aromatic rings. The minimum Gasteiger partial charge on any atom is -0.507 e. The van der Waals surface area contributed by atoms with E-state index in [1.54, 1.807) is 13.2 Å². The normalized spacial score (nSPS) is 21.0. The van der Waals surface area contributed by atoms with Crippen LogP contribution in [-0.4, -0.2) is 54.7 Å². The molecule has 2 aliphatic heterocycles. The van der Waals surface area contributed by atoms with Crippen LogP contribution in [0.2, 0.25) is 0 Å². The number of hydrogen-bond donors (Lipinski definition) is 1. The molecule has 2 saturated heterocycles. The van der Waals surface area contributed by atoms with Gasteiger partial charge in [0.25, 0.3) is 0 Å². The quantitative estimate of drug-likeness (QED) is 0.527. The van der Waals surface area contributed by atoms with Crippen LogP contribution in [0.3, 0.4) is 0 Å². The Kier molecular flexibility index (Phi) is 6.61. The van der Waals surface area contributed by atoms with Crippen molar-refractivity contribution < 1.29 is 14.3 Å². The van der Waals surface area contributed by atoms with Crippen molar-refractivity contribution in [2.75, 3.05) is 33.8 Å². The average Bonchev–Trinajstić information content (AvgIpc) is 2.86. The zero-order valence-corrected chi connectivity index (χ0v) is 20.1. The molecule has 2 aromatic carbocycles. The van der Waals surface area contributed by atoms with Gasteiger partial charge in [-0.25, -0.2) is 4.79 Å². The molecule has 0 amide bonds. The highest BCUT2D eigenvalue weighted by Crippen LogP contribution is 2.33. The number of phenols is 1. The number of piperidine rings is 2. The predicted octanol–water partition coefficient (Wildman–Crippen LogP) is 4.87. The Bertz CT molecular complexity index is 1200. The number of methoxy groups -OCH3 is 1. The third-order valence-corrected chi connectivity index (χ3v) is 7.58. The van der Waals surface area contributed by atoms with Crippen molar-refractivity contribution in [1.82, 2.24) is 9.80 Å². The van der Waals surface area contributed by atoms with Gasteiger partial charge in [0.15, 0.2) is 0 Å². The van der Waals surface area contributed by atoms with Crippen LogP contribution < -0.4 is 10.4 Å².